The Morgan fingerprint density at radius 1 is 0.778 bits per heavy atom. The zero-order chi connectivity index (χ0) is 32.2. The fourth-order valence-electron chi connectivity index (χ4n) is 4.62. The Morgan fingerprint density at radius 2 is 1.36 bits per heavy atom. The SMILES string of the molecule is C=C(CO)C(=O)Oc1ccc(-c2ccc(OCCOC(=O)C(C)CO)c(-c3ccc(-c4ccc(CCCC)cc4)cc3)c2)cc1. The highest BCUT2D eigenvalue weighted by Crippen LogP contribution is 2.36. The number of hydrogen-bond donors (Lipinski definition) is 2. The monoisotopic (exact) mass is 608 g/mol. The summed E-state index contributed by atoms with van der Waals surface area (Å²) in [4.78, 5) is 23.9. The predicted molar refractivity (Wildman–Crippen MR) is 176 cm³/mol. The lowest BCUT2D eigenvalue weighted by atomic mass is 9.96. The molecule has 4 rings (SSSR count). The number of aliphatic hydroxyl groups is 2. The summed E-state index contributed by atoms with van der Waals surface area (Å²) in [6.07, 6.45) is 3.44. The summed E-state index contributed by atoms with van der Waals surface area (Å²) in [5.74, 6) is -0.764. The maximum Gasteiger partial charge on any atom is 0.341 e. The van der Waals surface area contributed by atoms with Gasteiger partial charge in [0.1, 0.15) is 24.7 Å². The van der Waals surface area contributed by atoms with Gasteiger partial charge in [-0.05, 0) is 77.4 Å². The van der Waals surface area contributed by atoms with Crippen LogP contribution in [0.3, 0.4) is 0 Å². The van der Waals surface area contributed by atoms with E-state index in [-0.39, 0.29) is 25.4 Å². The van der Waals surface area contributed by atoms with Crippen molar-refractivity contribution in [2.45, 2.75) is 33.1 Å². The van der Waals surface area contributed by atoms with Crippen molar-refractivity contribution in [2.75, 3.05) is 26.4 Å². The highest BCUT2D eigenvalue weighted by Gasteiger charge is 2.15. The van der Waals surface area contributed by atoms with Crippen LogP contribution in [0.5, 0.6) is 11.5 Å². The van der Waals surface area contributed by atoms with Crippen molar-refractivity contribution in [3.63, 3.8) is 0 Å². The van der Waals surface area contributed by atoms with Crippen molar-refractivity contribution < 1.29 is 34.0 Å². The van der Waals surface area contributed by atoms with E-state index in [4.69, 9.17) is 19.3 Å². The Kier molecular flexibility index (Phi) is 12.1. The van der Waals surface area contributed by atoms with E-state index in [0.717, 1.165) is 39.8 Å². The quantitative estimate of drug-likeness (QED) is 0.0646. The minimum absolute atomic E-state index is 0.0213. The van der Waals surface area contributed by atoms with Crippen LogP contribution in [0.2, 0.25) is 0 Å². The van der Waals surface area contributed by atoms with Crippen LogP contribution in [-0.4, -0.2) is 48.6 Å². The summed E-state index contributed by atoms with van der Waals surface area (Å²) in [6.45, 7) is 6.76. The van der Waals surface area contributed by atoms with Gasteiger partial charge in [0.25, 0.3) is 0 Å². The summed E-state index contributed by atoms with van der Waals surface area (Å²) in [7, 11) is 0. The smallest absolute Gasteiger partial charge is 0.341 e. The molecule has 45 heavy (non-hydrogen) atoms. The minimum Gasteiger partial charge on any atom is -0.489 e. The summed E-state index contributed by atoms with van der Waals surface area (Å²) in [5.41, 5.74) is 7.21. The summed E-state index contributed by atoms with van der Waals surface area (Å²) in [6, 6.07) is 29.9. The lowest BCUT2D eigenvalue weighted by Crippen LogP contribution is -2.20. The van der Waals surface area contributed by atoms with Crippen LogP contribution in [-0.2, 0) is 20.7 Å². The van der Waals surface area contributed by atoms with E-state index in [9.17, 15) is 14.7 Å². The second-order valence-electron chi connectivity index (χ2n) is 10.9. The normalized spacial score (nSPS) is 11.5. The first-order chi connectivity index (χ1) is 21.8. The zero-order valence-corrected chi connectivity index (χ0v) is 25.8. The molecule has 7 nitrogen and oxygen atoms in total. The fraction of sp³-hybridized carbons (Fsp3) is 0.263. The molecule has 0 fully saturated rings. The van der Waals surface area contributed by atoms with Gasteiger partial charge in [-0.2, -0.15) is 0 Å². The maximum atomic E-state index is 12.0. The van der Waals surface area contributed by atoms with Crippen LogP contribution in [0.15, 0.2) is 103 Å². The number of carbonyl (C=O) groups excluding carboxylic acids is 2. The van der Waals surface area contributed by atoms with Gasteiger partial charge in [-0.15, -0.1) is 0 Å². The third-order valence-corrected chi connectivity index (χ3v) is 7.42. The van der Waals surface area contributed by atoms with Crippen molar-refractivity contribution in [3.8, 4) is 44.9 Å². The first-order valence-electron chi connectivity index (χ1n) is 15.2. The first kappa shape index (κ1) is 33.2. The molecule has 0 saturated heterocycles. The van der Waals surface area contributed by atoms with E-state index >= 15 is 0 Å². The third-order valence-electron chi connectivity index (χ3n) is 7.42. The van der Waals surface area contributed by atoms with Gasteiger partial charge in [-0.1, -0.05) is 86.7 Å². The van der Waals surface area contributed by atoms with Crippen molar-refractivity contribution in [1.29, 1.82) is 0 Å². The lowest BCUT2D eigenvalue weighted by molar-refractivity contribution is -0.149. The lowest BCUT2D eigenvalue weighted by Gasteiger charge is -2.15. The topological polar surface area (TPSA) is 102 Å². The molecule has 4 aromatic carbocycles. The van der Waals surface area contributed by atoms with E-state index in [2.05, 4.69) is 62.0 Å². The number of carbonyl (C=O) groups is 2. The molecule has 0 radical (unpaired) electrons. The molecule has 0 saturated carbocycles. The summed E-state index contributed by atoms with van der Waals surface area (Å²) >= 11 is 0. The second-order valence-corrected chi connectivity index (χ2v) is 10.9. The molecular weight excluding hydrogens is 568 g/mol. The van der Waals surface area contributed by atoms with Crippen LogP contribution >= 0.6 is 0 Å². The molecule has 0 heterocycles. The maximum absolute atomic E-state index is 12.0. The van der Waals surface area contributed by atoms with E-state index in [0.29, 0.717) is 11.5 Å². The molecule has 1 unspecified atom stereocenters. The molecule has 0 spiro atoms. The Bertz CT molecular complexity index is 1570. The first-order valence-corrected chi connectivity index (χ1v) is 15.2. The molecule has 7 heteroatoms. The molecule has 2 N–H and O–H groups in total. The van der Waals surface area contributed by atoms with Gasteiger partial charge in [-0.25, -0.2) is 4.79 Å². The van der Waals surface area contributed by atoms with Crippen molar-refractivity contribution in [3.05, 3.63) is 109 Å². The predicted octanol–water partition coefficient (Wildman–Crippen LogP) is 7.03. The second kappa shape index (κ2) is 16.4. The van der Waals surface area contributed by atoms with Crippen LogP contribution in [0, 0.1) is 5.92 Å². The average molecular weight is 609 g/mol. The van der Waals surface area contributed by atoms with E-state index in [1.165, 1.54) is 18.4 Å². The van der Waals surface area contributed by atoms with Crippen LogP contribution < -0.4 is 9.47 Å². The standard InChI is InChI=1S/C38H40O7/c1-4-5-6-28-7-9-29(10-8-28)30-11-13-32(14-12-30)35-23-33(17-20-36(35)43-21-22-44-37(41)26(2)24-39)31-15-18-34(19-16-31)45-38(42)27(3)25-40/h7-20,23,26,39-40H,3-6,21-22,24-25H2,1-2H3. The van der Waals surface area contributed by atoms with E-state index in [1.807, 2.05) is 30.3 Å². The molecule has 0 aliphatic heterocycles. The van der Waals surface area contributed by atoms with Gasteiger partial charge < -0.3 is 24.4 Å². The Balaban J connectivity index is 1.57. The molecular formula is C38H40O7. The summed E-state index contributed by atoms with van der Waals surface area (Å²) in [5, 5.41) is 18.3. The number of unbranched alkanes of at least 4 members (excludes halogenated alkanes) is 1. The summed E-state index contributed by atoms with van der Waals surface area (Å²) < 4.78 is 16.6. The number of hydrogen-bond acceptors (Lipinski definition) is 7. The van der Waals surface area contributed by atoms with Gasteiger partial charge in [0.15, 0.2) is 0 Å². The van der Waals surface area contributed by atoms with Crippen LogP contribution in [0.4, 0.5) is 0 Å². The Hall–Kier alpha value is -4.72. The van der Waals surface area contributed by atoms with E-state index < -0.39 is 24.5 Å². The van der Waals surface area contributed by atoms with Crippen LogP contribution in [0.25, 0.3) is 33.4 Å². The number of benzene rings is 4. The number of ether oxygens (including phenoxy) is 3. The van der Waals surface area contributed by atoms with Gasteiger partial charge in [0.05, 0.1) is 24.7 Å². The number of aryl methyl sites for hydroxylation is 1. The van der Waals surface area contributed by atoms with Crippen molar-refractivity contribution in [1.82, 2.24) is 0 Å². The van der Waals surface area contributed by atoms with Gasteiger partial charge in [-0.3, -0.25) is 4.79 Å². The average Bonchev–Trinajstić information content (AvgIpc) is 3.09. The van der Waals surface area contributed by atoms with Crippen molar-refractivity contribution in [2.24, 2.45) is 5.92 Å². The molecule has 0 amide bonds. The van der Waals surface area contributed by atoms with Gasteiger partial charge >= 0.3 is 11.9 Å². The number of rotatable bonds is 15. The highest BCUT2D eigenvalue weighted by atomic mass is 16.6. The molecule has 0 aliphatic carbocycles. The molecule has 0 aromatic heterocycles. The zero-order valence-electron chi connectivity index (χ0n) is 25.8. The molecule has 0 bridgehead atoms. The van der Waals surface area contributed by atoms with Gasteiger partial charge in [0.2, 0.25) is 0 Å². The fourth-order valence-corrected chi connectivity index (χ4v) is 4.62. The van der Waals surface area contributed by atoms with Crippen molar-refractivity contribution >= 4 is 11.9 Å². The highest BCUT2D eigenvalue weighted by molar-refractivity contribution is 5.89. The molecule has 234 valence electrons. The minimum atomic E-state index is -0.679. The Morgan fingerprint density at radius 3 is 1.98 bits per heavy atom. The Labute approximate surface area is 264 Å². The molecule has 0 aliphatic rings. The van der Waals surface area contributed by atoms with Gasteiger partial charge in [0, 0.05) is 5.56 Å². The third kappa shape index (κ3) is 9.14. The number of esters is 2. The molecule has 1 atom stereocenters. The van der Waals surface area contributed by atoms with Crippen LogP contribution in [0.1, 0.15) is 32.3 Å². The van der Waals surface area contributed by atoms with E-state index in [1.54, 1.807) is 19.1 Å². The largest absolute Gasteiger partial charge is 0.489 e. The molecule has 4 aromatic rings. The number of aliphatic hydroxyl groups excluding tert-OH is 2.